The molecule has 15 heavy (non-hydrogen) atoms. The molecule has 0 atom stereocenters. The van der Waals surface area contributed by atoms with E-state index in [2.05, 4.69) is 9.72 Å². The second kappa shape index (κ2) is 4.12. The van der Waals surface area contributed by atoms with Gasteiger partial charge in [0.2, 0.25) is 0 Å². The Morgan fingerprint density at radius 1 is 1.47 bits per heavy atom. The summed E-state index contributed by atoms with van der Waals surface area (Å²) >= 11 is 3.13. The molecule has 5 heteroatoms. The lowest BCUT2D eigenvalue weighted by Gasteiger charge is -1.91. The fraction of sp³-hybridized carbons (Fsp3) is 0.200. The van der Waals surface area contributed by atoms with E-state index in [0.717, 1.165) is 9.88 Å². The molecule has 0 unspecified atom stereocenters. The summed E-state index contributed by atoms with van der Waals surface area (Å²) in [5.74, 6) is -0.384. The summed E-state index contributed by atoms with van der Waals surface area (Å²) in [5, 5.41) is 2.59. The van der Waals surface area contributed by atoms with Crippen molar-refractivity contribution in [2.75, 3.05) is 7.11 Å². The maximum Gasteiger partial charge on any atom is 0.357 e. The van der Waals surface area contributed by atoms with Crippen molar-refractivity contribution < 1.29 is 9.53 Å². The molecule has 2 rings (SSSR count). The number of ether oxygens (including phenoxy) is 1. The van der Waals surface area contributed by atoms with E-state index in [-0.39, 0.29) is 5.97 Å². The van der Waals surface area contributed by atoms with Crippen LogP contribution in [0.15, 0.2) is 17.5 Å². The molecule has 0 saturated heterocycles. The smallest absolute Gasteiger partial charge is 0.357 e. The molecule has 0 radical (unpaired) electrons. The lowest BCUT2D eigenvalue weighted by Crippen LogP contribution is -2.00. The summed E-state index contributed by atoms with van der Waals surface area (Å²) in [7, 11) is 1.36. The third-order valence-corrected chi connectivity index (χ3v) is 3.86. The molecule has 0 amide bonds. The second-order valence-corrected chi connectivity index (χ2v) is 5.09. The first-order valence-electron chi connectivity index (χ1n) is 4.31. The van der Waals surface area contributed by atoms with E-state index in [9.17, 15) is 4.79 Å². The Bertz CT molecular complexity index is 487. The number of nitrogens with zero attached hydrogens (tertiary/aromatic N) is 1. The lowest BCUT2D eigenvalue weighted by atomic mass is 10.4. The van der Waals surface area contributed by atoms with Crippen molar-refractivity contribution in [3.63, 3.8) is 0 Å². The van der Waals surface area contributed by atoms with Crippen molar-refractivity contribution in [1.29, 1.82) is 0 Å². The van der Waals surface area contributed by atoms with E-state index in [1.54, 1.807) is 16.7 Å². The van der Waals surface area contributed by atoms with Crippen molar-refractivity contribution in [2.45, 2.75) is 6.92 Å². The monoisotopic (exact) mass is 239 g/mol. The van der Waals surface area contributed by atoms with Gasteiger partial charge in [0, 0.05) is 10.3 Å². The molecule has 0 aliphatic rings. The molecule has 0 fully saturated rings. The molecule has 0 aromatic carbocycles. The highest BCUT2D eigenvalue weighted by Crippen LogP contribution is 2.30. The van der Waals surface area contributed by atoms with Crippen LogP contribution in [-0.4, -0.2) is 18.1 Å². The normalized spacial score (nSPS) is 10.3. The number of carbonyl (C=O) groups is 1. The SMILES string of the molecule is COC(=O)c1csc(-c2ccc(C)s2)n1. The topological polar surface area (TPSA) is 39.2 Å². The van der Waals surface area contributed by atoms with E-state index in [4.69, 9.17) is 0 Å². The molecule has 2 heterocycles. The molecule has 0 aliphatic carbocycles. The van der Waals surface area contributed by atoms with Crippen LogP contribution in [0, 0.1) is 6.92 Å². The van der Waals surface area contributed by atoms with Gasteiger partial charge in [0.15, 0.2) is 5.69 Å². The first kappa shape index (κ1) is 10.3. The zero-order valence-electron chi connectivity index (χ0n) is 8.31. The second-order valence-electron chi connectivity index (χ2n) is 2.94. The molecule has 0 spiro atoms. The molecule has 2 aromatic heterocycles. The van der Waals surface area contributed by atoms with E-state index in [0.29, 0.717) is 5.69 Å². The Kier molecular flexibility index (Phi) is 2.83. The molecule has 0 aliphatic heterocycles. The van der Waals surface area contributed by atoms with Crippen LogP contribution in [0.5, 0.6) is 0 Å². The molecule has 2 aromatic rings. The largest absolute Gasteiger partial charge is 0.464 e. The first-order valence-corrected chi connectivity index (χ1v) is 6.01. The number of esters is 1. The number of hydrogen-bond donors (Lipinski definition) is 0. The fourth-order valence-electron chi connectivity index (χ4n) is 1.13. The zero-order chi connectivity index (χ0) is 10.8. The van der Waals surface area contributed by atoms with Gasteiger partial charge in [-0.2, -0.15) is 0 Å². The zero-order valence-corrected chi connectivity index (χ0v) is 9.95. The number of hydrogen-bond acceptors (Lipinski definition) is 5. The summed E-state index contributed by atoms with van der Waals surface area (Å²) in [6, 6.07) is 4.05. The van der Waals surface area contributed by atoms with E-state index >= 15 is 0 Å². The third-order valence-electron chi connectivity index (χ3n) is 1.85. The maximum absolute atomic E-state index is 11.2. The Hall–Kier alpha value is -1.20. The summed E-state index contributed by atoms with van der Waals surface area (Å²) < 4.78 is 4.60. The molecule has 0 bridgehead atoms. The Morgan fingerprint density at radius 2 is 2.27 bits per heavy atom. The maximum atomic E-state index is 11.2. The highest BCUT2D eigenvalue weighted by Gasteiger charge is 2.12. The molecular weight excluding hydrogens is 230 g/mol. The van der Waals surface area contributed by atoms with Crippen LogP contribution in [0.2, 0.25) is 0 Å². The average molecular weight is 239 g/mol. The minimum atomic E-state index is -0.384. The van der Waals surface area contributed by atoms with Crippen LogP contribution in [-0.2, 0) is 4.74 Å². The van der Waals surface area contributed by atoms with Crippen molar-refractivity contribution >= 4 is 28.6 Å². The summed E-state index contributed by atoms with van der Waals surface area (Å²) in [5.41, 5.74) is 0.378. The van der Waals surface area contributed by atoms with Gasteiger partial charge in [0.1, 0.15) is 5.01 Å². The van der Waals surface area contributed by atoms with E-state index in [1.807, 2.05) is 19.1 Å². The molecule has 78 valence electrons. The number of carbonyl (C=O) groups excluding carboxylic acids is 1. The van der Waals surface area contributed by atoms with Gasteiger partial charge in [-0.1, -0.05) is 0 Å². The van der Waals surface area contributed by atoms with Gasteiger partial charge in [0.25, 0.3) is 0 Å². The van der Waals surface area contributed by atoms with E-state index < -0.39 is 0 Å². The number of thiophene rings is 1. The van der Waals surface area contributed by atoms with Gasteiger partial charge in [-0.25, -0.2) is 9.78 Å². The summed E-state index contributed by atoms with van der Waals surface area (Å²) in [6.45, 7) is 2.04. The van der Waals surface area contributed by atoms with Gasteiger partial charge in [-0.05, 0) is 19.1 Å². The van der Waals surface area contributed by atoms with Gasteiger partial charge >= 0.3 is 5.97 Å². The Balaban J connectivity index is 2.31. The van der Waals surface area contributed by atoms with Crippen molar-refractivity contribution in [2.24, 2.45) is 0 Å². The first-order chi connectivity index (χ1) is 7.20. The third kappa shape index (κ3) is 2.08. The predicted octanol–water partition coefficient (Wildman–Crippen LogP) is 2.97. The lowest BCUT2D eigenvalue weighted by molar-refractivity contribution is 0.0595. The van der Waals surface area contributed by atoms with Crippen molar-refractivity contribution in [3.05, 3.63) is 28.1 Å². The number of aromatic nitrogens is 1. The highest BCUT2D eigenvalue weighted by atomic mass is 32.1. The number of aryl methyl sites for hydroxylation is 1. The van der Waals surface area contributed by atoms with Gasteiger partial charge in [-0.3, -0.25) is 0 Å². The van der Waals surface area contributed by atoms with Crippen LogP contribution >= 0.6 is 22.7 Å². The van der Waals surface area contributed by atoms with Gasteiger partial charge in [-0.15, -0.1) is 22.7 Å². The number of rotatable bonds is 2. The van der Waals surface area contributed by atoms with Crippen LogP contribution in [0.3, 0.4) is 0 Å². The molecular formula is C10H9NO2S2. The standard InChI is InChI=1S/C10H9NO2S2/c1-6-3-4-8(15-6)9-11-7(5-14-9)10(12)13-2/h3-5H,1-2H3. The van der Waals surface area contributed by atoms with Crippen LogP contribution < -0.4 is 0 Å². The Labute approximate surface area is 95.4 Å². The predicted molar refractivity (Wildman–Crippen MR) is 61.5 cm³/mol. The minimum absolute atomic E-state index is 0.378. The molecule has 0 N–H and O–H groups in total. The summed E-state index contributed by atoms with van der Waals surface area (Å²) in [6.07, 6.45) is 0. The van der Waals surface area contributed by atoms with Crippen LogP contribution in [0.25, 0.3) is 9.88 Å². The summed E-state index contributed by atoms with van der Waals surface area (Å²) in [4.78, 5) is 17.7. The highest BCUT2D eigenvalue weighted by molar-refractivity contribution is 7.21. The molecule has 0 saturated carbocycles. The van der Waals surface area contributed by atoms with Crippen molar-refractivity contribution in [1.82, 2.24) is 4.98 Å². The minimum Gasteiger partial charge on any atom is -0.464 e. The van der Waals surface area contributed by atoms with Crippen LogP contribution in [0.4, 0.5) is 0 Å². The van der Waals surface area contributed by atoms with Gasteiger partial charge in [0.05, 0.1) is 12.0 Å². The Morgan fingerprint density at radius 3 is 2.87 bits per heavy atom. The van der Waals surface area contributed by atoms with Crippen LogP contribution in [0.1, 0.15) is 15.4 Å². The van der Waals surface area contributed by atoms with E-state index in [1.165, 1.54) is 23.3 Å². The number of methoxy groups -OCH3 is 1. The quantitative estimate of drug-likeness (QED) is 0.756. The fourth-order valence-corrected chi connectivity index (χ4v) is 2.86. The average Bonchev–Trinajstić information content (AvgIpc) is 2.84. The van der Waals surface area contributed by atoms with Crippen molar-refractivity contribution in [3.8, 4) is 9.88 Å². The number of thiazole rings is 1. The van der Waals surface area contributed by atoms with Gasteiger partial charge < -0.3 is 4.74 Å². The molecule has 3 nitrogen and oxygen atoms in total.